The maximum Gasteiger partial charge on any atom is 0.547 e. The van der Waals surface area contributed by atoms with Crippen LogP contribution in [-0.4, -0.2) is 14.5 Å². The molecule has 0 saturated carbocycles. The Morgan fingerprint density at radius 2 is 1.32 bits per heavy atom. The first-order valence-corrected chi connectivity index (χ1v) is 10.5. The minimum absolute atomic E-state index is 0.708. The Morgan fingerprint density at radius 1 is 0.773 bits per heavy atom. The SMILES string of the molecule is CC(C)[CH2][Al]([CH2]C(C)C)[O]c1ccccc1-c1ccccc1. The highest BCUT2D eigenvalue weighted by Gasteiger charge is 2.26. The van der Waals surface area contributed by atoms with Gasteiger partial charge >= 0.3 is 14.5 Å². The van der Waals surface area contributed by atoms with Crippen LogP contribution >= 0.6 is 0 Å². The first kappa shape index (κ1) is 17.1. The zero-order valence-corrected chi connectivity index (χ0v) is 15.4. The van der Waals surface area contributed by atoms with Gasteiger partial charge in [-0.25, -0.2) is 0 Å². The Kier molecular flexibility index (Phi) is 6.55. The van der Waals surface area contributed by atoms with Gasteiger partial charge < -0.3 is 3.79 Å². The van der Waals surface area contributed by atoms with Crippen molar-refractivity contribution in [2.75, 3.05) is 0 Å². The van der Waals surface area contributed by atoms with Gasteiger partial charge in [-0.05, 0) is 11.6 Å². The molecule has 116 valence electrons. The van der Waals surface area contributed by atoms with Crippen molar-refractivity contribution in [1.29, 1.82) is 0 Å². The highest BCUT2D eigenvalue weighted by Crippen LogP contribution is 2.31. The summed E-state index contributed by atoms with van der Waals surface area (Å²) in [6.45, 7) is 9.19. The smallest absolute Gasteiger partial charge is 0.547 e. The molecule has 0 heterocycles. The molecule has 2 rings (SSSR count). The fraction of sp³-hybridized carbons (Fsp3) is 0.400. The zero-order chi connectivity index (χ0) is 15.9. The largest absolute Gasteiger partial charge is 0.642 e. The summed E-state index contributed by atoms with van der Waals surface area (Å²) >= 11 is -1.23. The lowest BCUT2D eigenvalue weighted by molar-refractivity contribution is 0.528. The highest BCUT2D eigenvalue weighted by molar-refractivity contribution is 6.52. The molecule has 0 aliphatic rings. The molecule has 0 aromatic heterocycles. The third kappa shape index (κ3) is 5.20. The van der Waals surface area contributed by atoms with Gasteiger partial charge in [-0.1, -0.05) is 98.6 Å². The summed E-state index contributed by atoms with van der Waals surface area (Å²) in [6.07, 6.45) is 0. The van der Waals surface area contributed by atoms with Gasteiger partial charge in [-0.2, -0.15) is 0 Å². The standard InChI is InChI=1S/C12H10O.2C4H9.Al/c13-12-9-5-4-8-11(12)10-6-2-1-3-7-10;2*1-4(2)3;/h1-9,13H;2*4H,1H2,2-3H3;/q;;;+1/p-1. The van der Waals surface area contributed by atoms with E-state index in [9.17, 15) is 0 Å². The maximum atomic E-state index is 6.56. The van der Waals surface area contributed by atoms with Crippen molar-refractivity contribution in [3.63, 3.8) is 0 Å². The van der Waals surface area contributed by atoms with E-state index in [1.54, 1.807) is 0 Å². The molecule has 0 N–H and O–H groups in total. The number of hydrogen-bond acceptors (Lipinski definition) is 1. The predicted octanol–water partition coefficient (Wildman–Crippen LogP) is 6.04. The molecule has 0 radical (unpaired) electrons. The van der Waals surface area contributed by atoms with Gasteiger partial charge in [0.1, 0.15) is 0 Å². The molecule has 2 aromatic rings. The van der Waals surface area contributed by atoms with Gasteiger partial charge in [-0.15, -0.1) is 0 Å². The van der Waals surface area contributed by atoms with Gasteiger partial charge in [0.25, 0.3) is 0 Å². The van der Waals surface area contributed by atoms with Crippen molar-refractivity contribution in [2.24, 2.45) is 11.8 Å². The van der Waals surface area contributed by atoms with Gasteiger partial charge in [-0.3, -0.25) is 0 Å². The maximum absolute atomic E-state index is 6.56. The molecular formula is C20H27AlO. The minimum Gasteiger partial charge on any atom is -0.642 e. The summed E-state index contributed by atoms with van der Waals surface area (Å²) < 4.78 is 6.56. The molecule has 0 unspecified atom stereocenters. The first-order valence-electron chi connectivity index (χ1n) is 8.37. The molecule has 0 aliphatic carbocycles. The summed E-state index contributed by atoms with van der Waals surface area (Å²) in [6, 6.07) is 19.0. The quantitative estimate of drug-likeness (QED) is 0.567. The summed E-state index contributed by atoms with van der Waals surface area (Å²) in [4.78, 5) is 0. The molecule has 0 atom stereocenters. The van der Waals surface area contributed by atoms with Crippen LogP contribution in [0, 0.1) is 11.8 Å². The van der Waals surface area contributed by atoms with Gasteiger partial charge in [0.15, 0.2) is 0 Å². The van der Waals surface area contributed by atoms with Crippen LogP contribution < -0.4 is 3.79 Å². The van der Waals surface area contributed by atoms with E-state index in [2.05, 4.69) is 82.3 Å². The van der Waals surface area contributed by atoms with Crippen LogP contribution in [0.4, 0.5) is 0 Å². The third-order valence-corrected chi connectivity index (χ3v) is 7.26. The molecule has 0 saturated heterocycles. The van der Waals surface area contributed by atoms with Crippen molar-refractivity contribution in [3.8, 4) is 16.9 Å². The van der Waals surface area contributed by atoms with E-state index in [1.165, 1.54) is 21.7 Å². The van der Waals surface area contributed by atoms with Crippen molar-refractivity contribution in [2.45, 2.75) is 38.3 Å². The fourth-order valence-corrected chi connectivity index (χ4v) is 5.90. The number of hydrogen-bond donors (Lipinski definition) is 0. The van der Waals surface area contributed by atoms with E-state index >= 15 is 0 Å². The molecule has 0 bridgehead atoms. The predicted molar refractivity (Wildman–Crippen MR) is 97.6 cm³/mol. The lowest BCUT2D eigenvalue weighted by atomic mass is 10.1. The van der Waals surface area contributed by atoms with Crippen molar-refractivity contribution in [3.05, 3.63) is 54.6 Å². The van der Waals surface area contributed by atoms with Crippen LogP contribution in [0.15, 0.2) is 54.6 Å². The summed E-state index contributed by atoms with van der Waals surface area (Å²) in [7, 11) is 0. The van der Waals surface area contributed by atoms with Crippen molar-refractivity contribution in [1.82, 2.24) is 0 Å². The summed E-state index contributed by atoms with van der Waals surface area (Å²) in [5.74, 6) is 2.48. The Hall–Kier alpha value is -1.23. The zero-order valence-electron chi connectivity index (χ0n) is 14.3. The molecule has 22 heavy (non-hydrogen) atoms. The van der Waals surface area contributed by atoms with Gasteiger partial charge in [0.05, 0.1) is 5.75 Å². The number of para-hydroxylation sites is 1. The third-order valence-electron chi connectivity index (χ3n) is 3.73. The van der Waals surface area contributed by atoms with E-state index in [0.717, 1.165) is 5.75 Å². The molecule has 0 aliphatic heterocycles. The molecule has 2 heteroatoms. The van der Waals surface area contributed by atoms with Gasteiger partial charge in [0.2, 0.25) is 0 Å². The lowest BCUT2D eigenvalue weighted by Crippen LogP contribution is -2.25. The van der Waals surface area contributed by atoms with Crippen LogP contribution in [0.25, 0.3) is 11.1 Å². The molecule has 0 spiro atoms. The Labute approximate surface area is 140 Å². The van der Waals surface area contributed by atoms with Crippen LogP contribution in [0.1, 0.15) is 27.7 Å². The average Bonchev–Trinajstić information content (AvgIpc) is 2.47. The summed E-state index contributed by atoms with van der Waals surface area (Å²) in [5.41, 5.74) is 2.45. The number of rotatable bonds is 7. The second-order valence-electron chi connectivity index (χ2n) is 6.86. The van der Waals surface area contributed by atoms with E-state index in [4.69, 9.17) is 3.79 Å². The molecule has 1 nitrogen and oxygen atoms in total. The van der Waals surface area contributed by atoms with Crippen LogP contribution in [0.3, 0.4) is 0 Å². The molecule has 0 fully saturated rings. The molecule has 0 amide bonds. The van der Waals surface area contributed by atoms with E-state index in [-0.39, 0.29) is 0 Å². The minimum atomic E-state index is -1.23. The number of benzene rings is 2. The average molecular weight is 310 g/mol. The van der Waals surface area contributed by atoms with Crippen LogP contribution in [0.2, 0.25) is 10.6 Å². The van der Waals surface area contributed by atoms with Gasteiger partial charge in [0, 0.05) is 5.56 Å². The van der Waals surface area contributed by atoms with Crippen molar-refractivity contribution < 1.29 is 3.79 Å². The highest BCUT2D eigenvalue weighted by atomic mass is 27.2. The van der Waals surface area contributed by atoms with E-state index in [1.807, 2.05) is 0 Å². The monoisotopic (exact) mass is 310 g/mol. The lowest BCUT2D eigenvalue weighted by Gasteiger charge is -2.21. The molecule has 2 aromatic carbocycles. The van der Waals surface area contributed by atoms with Crippen LogP contribution in [0.5, 0.6) is 5.75 Å². The Morgan fingerprint density at radius 3 is 1.91 bits per heavy atom. The first-order chi connectivity index (χ1) is 10.6. The normalized spacial score (nSPS) is 11.0. The Balaban J connectivity index is 2.24. The van der Waals surface area contributed by atoms with E-state index in [0.29, 0.717) is 11.8 Å². The van der Waals surface area contributed by atoms with E-state index < -0.39 is 14.5 Å². The molecular weight excluding hydrogens is 283 g/mol. The summed E-state index contributed by atoms with van der Waals surface area (Å²) in [5, 5.41) is 2.47. The topological polar surface area (TPSA) is 9.23 Å². The second kappa shape index (κ2) is 8.42. The second-order valence-corrected chi connectivity index (χ2v) is 9.28. The fourth-order valence-electron chi connectivity index (χ4n) is 2.85. The van der Waals surface area contributed by atoms with Crippen LogP contribution in [-0.2, 0) is 0 Å². The van der Waals surface area contributed by atoms with Crippen molar-refractivity contribution >= 4 is 14.5 Å². The Bertz CT molecular complexity index is 553.